The molecule has 1 aliphatic rings. The summed E-state index contributed by atoms with van der Waals surface area (Å²) in [6.07, 6.45) is 0.220. The molecule has 2 N–H and O–H groups in total. The number of carbonyl (C=O) groups excluding carboxylic acids is 1. The van der Waals surface area contributed by atoms with Crippen LogP contribution in [0.2, 0.25) is 0 Å². The summed E-state index contributed by atoms with van der Waals surface area (Å²) in [4.78, 5) is 23.6. The van der Waals surface area contributed by atoms with Crippen LogP contribution in [0.5, 0.6) is 0 Å². The third-order valence-electron chi connectivity index (χ3n) is 3.58. The van der Waals surface area contributed by atoms with E-state index < -0.39 is 17.4 Å². The molecular formula is C15H14N2O5. The average Bonchev–Trinajstić information content (AvgIpc) is 3.18. The van der Waals surface area contributed by atoms with Crippen molar-refractivity contribution in [3.8, 4) is 11.3 Å². The number of amides is 1. The van der Waals surface area contributed by atoms with Gasteiger partial charge >= 0.3 is 5.97 Å². The van der Waals surface area contributed by atoms with Gasteiger partial charge in [-0.2, -0.15) is 0 Å². The van der Waals surface area contributed by atoms with E-state index >= 15 is 0 Å². The highest BCUT2D eigenvalue weighted by atomic mass is 16.5. The number of aromatic nitrogens is 1. The SMILES string of the molecule is O=C(NC1(C(=O)O)CCOC1)c1cc(-c2ccccc2)on1. The summed E-state index contributed by atoms with van der Waals surface area (Å²) >= 11 is 0. The Morgan fingerprint density at radius 3 is 2.68 bits per heavy atom. The molecular weight excluding hydrogens is 288 g/mol. The standard InChI is InChI=1S/C15H14N2O5/c18-13(16-15(14(19)20)6-7-21-9-15)11-8-12(22-17-11)10-4-2-1-3-5-10/h1-5,8H,6-7,9H2,(H,16,18)(H,19,20). The lowest BCUT2D eigenvalue weighted by Crippen LogP contribution is -2.55. The average molecular weight is 302 g/mol. The molecule has 0 saturated carbocycles. The smallest absolute Gasteiger partial charge is 0.331 e. The van der Waals surface area contributed by atoms with Crippen LogP contribution in [0.3, 0.4) is 0 Å². The number of rotatable bonds is 4. The summed E-state index contributed by atoms with van der Waals surface area (Å²) in [5.74, 6) is -1.28. The molecule has 7 heteroatoms. The van der Waals surface area contributed by atoms with Crippen LogP contribution < -0.4 is 5.32 Å². The summed E-state index contributed by atoms with van der Waals surface area (Å²) < 4.78 is 10.2. The third-order valence-corrected chi connectivity index (χ3v) is 3.58. The number of aliphatic carboxylic acids is 1. The first-order valence-electron chi connectivity index (χ1n) is 6.76. The van der Waals surface area contributed by atoms with Crippen molar-refractivity contribution >= 4 is 11.9 Å². The molecule has 1 fully saturated rings. The minimum atomic E-state index is -1.40. The van der Waals surface area contributed by atoms with Crippen molar-refractivity contribution in [2.75, 3.05) is 13.2 Å². The van der Waals surface area contributed by atoms with Gasteiger partial charge in [-0.3, -0.25) is 4.79 Å². The summed E-state index contributed by atoms with van der Waals surface area (Å²) in [7, 11) is 0. The Labute approximate surface area is 125 Å². The van der Waals surface area contributed by atoms with Crippen molar-refractivity contribution in [3.05, 3.63) is 42.1 Å². The zero-order valence-corrected chi connectivity index (χ0v) is 11.6. The number of hydrogen-bond donors (Lipinski definition) is 2. The molecule has 1 aromatic carbocycles. The highest BCUT2D eigenvalue weighted by molar-refractivity contribution is 5.97. The van der Waals surface area contributed by atoms with Gasteiger partial charge < -0.3 is 19.7 Å². The molecule has 1 saturated heterocycles. The maximum atomic E-state index is 12.2. The summed E-state index contributed by atoms with van der Waals surface area (Å²) in [6, 6.07) is 10.7. The van der Waals surface area contributed by atoms with E-state index in [1.807, 2.05) is 30.3 Å². The molecule has 3 rings (SSSR count). The van der Waals surface area contributed by atoms with E-state index in [1.165, 1.54) is 6.07 Å². The molecule has 2 heterocycles. The van der Waals surface area contributed by atoms with Crippen molar-refractivity contribution in [1.29, 1.82) is 0 Å². The van der Waals surface area contributed by atoms with Crippen molar-refractivity contribution in [1.82, 2.24) is 10.5 Å². The van der Waals surface area contributed by atoms with Crippen molar-refractivity contribution < 1.29 is 24.0 Å². The number of carboxylic acids is 1. The van der Waals surface area contributed by atoms with E-state index in [1.54, 1.807) is 0 Å². The number of ether oxygens (including phenoxy) is 1. The molecule has 7 nitrogen and oxygen atoms in total. The Balaban J connectivity index is 1.79. The first-order valence-corrected chi connectivity index (χ1v) is 6.76. The van der Waals surface area contributed by atoms with Gasteiger partial charge in [0.2, 0.25) is 0 Å². The second kappa shape index (κ2) is 5.61. The molecule has 1 amide bonds. The first-order chi connectivity index (χ1) is 10.6. The molecule has 1 aliphatic heterocycles. The minimum Gasteiger partial charge on any atom is -0.479 e. The van der Waals surface area contributed by atoms with Gasteiger partial charge in [0.15, 0.2) is 17.0 Å². The van der Waals surface area contributed by atoms with Crippen molar-refractivity contribution in [2.45, 2.75) is 12.0 Å². The monoisotopic (exact) mass is 302 g/mol. The van der Waals surface area contributed by atoms with Crippen LogP contribution >= 0.6 is 0 Å². The number of hydrogen-bond acceptors (Lipinski definition) is 5. The Morgan fingerprint density at radius 1 is 1.27 bits per heavy atom. The maximum Gasteiger partial charge on any atom is 0.331 e. The molecule has 2 aromatic rings. The quantitative estimate of drug-likeness (QED) is 0.883. The van der Waals surface area contributed by atoms with Crippen LogP contribution in [0, 0.1) is 0 Å². The lowest BCUT2D eigenvalue weighted by molar-refractivity contribution is -0.144. The fourth-order valence-corrected chi connectivity index (χ4v) is 2.29. The Morgan fingerprint density at radius 2 is 2.05 bits per heavy atom. The van der Waals surface area contributed by atoms with Gasteiger partial charge in [-0.15, -0.1) is 0 Å². The van der Waals surface area contributed by atoms with Gasteiger partial charge in [0, 0.05) is 24.7 Å². The van der Waals surface area contributed by atoms with Gasteiger partial charge in [-0.05, 0) is 0 Å². The van der Waals surface area contributed by atoms with Crippen molar-refractivity contribution in [2.24, 2.45) is 0 Å². The lowest BCUT2D eigenvalue weighted by atomic mass is 9.99. The molecule has 1 aromatic heterocycles. The van der Waals surface area contributed by atoms with Crippen LogP contribution in [-0.2, 0) is 9.53 Å². The third kappa shape index (κ3) is 2.58. The topological polar surface area (TPSA) is 102 Å². The summed E-state index contributed by atoms with van der Waals surface area (Å²) in [6.45, 7) is 0.234. The van der Waals surface area contributed by atoms with E-state index in [-0.39, 0.29) is 18.7 Å². The fraction of sp³-hybridized carbons (Fsp3) is 0.267. The number of nitrogens with one attached hydrogen (secondary N) is 1. The Kier molecular flexibility index (Phi) is 3.64. The lowest BCUT2D eigenvalue weighted by Gasteiger charge is -2.22. The molecule has 1 unspecified atom stereocenters. The number of benzene rings is 1. The second-order valence-electron chi connectivity index (χ2n) is 5.09. The summed E-state index contributed by atoms with van der Waals surface area (Å²) in [5.41, 5.74) is -0.583. The van der Waals surface area contributed by atoms with E-state index in [9.17, 15) is 14.7 Å². The van der Waals surface area contributed by atoms with Gasteiger partial charge in [0.1, 0.15) is 0 Å². The number of carboxylic acid groups (broad SMARTS) is 1. The highest BCUT2D eigenvalue weighted by Crippen LogP contribution is 2.22. The van der Waals surface area contributed by atoms with E-state index in [4.69, 9.17) is 9.26 Å². The van der Waals surface area contributed by atoms with Gasteiger partial charge in [0.05, 0.1) is 6.61 Å². The fourth-order valence-electron chi connectivity index (χ4n) is 2.29. The van der Waals surface area contributed by atoms with Crippen LogP contribution in [0.1, 0.15) is 16.9 Å². The van der Waals surface area contributed by atoms with Gasteiger partial charge in [-0.25, -0.2) is 4.79 Å². The first kappa shape index (κ1) is 14.3. The molecule has 1 atom stereocenters. The van der Waals surface area contributed by atoms with E-state index in [2.05, 4.69) is 10.5 Å². The normalized spacial score (nSPS) is 20.7. The predicted molar refractivity (Wildman–Crippen MR) is 75.2 cm³/mol. The van der Waals surface area contributed by atoms with E-state index in [0.717, 1.165) is 5.56 Å². The molecule has 114 valence electrons. The molecule has 0 spiro atoms. The second-order valence-corrected chi connectivity index (χ2v) is 5.09. The van der Waals surface area contributed by atoms with Gasteiger partial charge in [0.25, 0.3) is 5.91 Å². The molecule has 0 radical (unpaired) electrons. The highest BCUT2D eigenvalue weighted by Gasteiger charge is 2.44. The van der Waals surface area contributed by atoms with Crippen LogP contribution in [0.25, 0.3) is 11.3 Å². The Hall–Kier alpha value is -2.67. The largest absolute Gasteiger partial charge is 0.479 e. The van der Waals surface area contributed by atoms with Crippen molar-refractivity contribution in [3.63, 3.8) is 0 Å². The number of nitrogens with zero attached hydrogens (tertiary/aromatic N) is 1. The van der Waals surface area contributed by atoms with Crippen LogP contribution in [0.15, 0.2) is 40.9 Å². The summed E-state index contributed by atoms with van der Waals surface area (Å²) in [5, 5.41) is 15.5. The van der Waals surface area contributed by atoms with Crippen LogP contribution in [0.4, 0.5) is 0 Å². The Bertz CT molecular complexity index is 689. The predicted octanol–water partition coefficient (Wildman–Crippen LogP) is 1.32. The maximum absolute atomic E-state index is 12.2. The van der Waals surface area contributed by atoms with Gasteiger partial charge in [-0.1, -0.05) is 35.5 Å². The molecule has 22 heavy (non-hydrogen) atoms. The zero-order valence-electron chi connectivity index (χ0n) is 11.6. The molecule has 0 bridgehead atoms. The number of carbonyl (C=O) groups is 2. The molecule has 0 aliphatic carbocycles. The van der Waals surface area contributed by atoms with Crippen LogP contribution in [-0.4, -0.2) is 40.9 Å². The van der Waals surface area contributed by atoms with E-state index in [0.29, 0.717) is 12.4 Å². The zero-order chi connectivity index (χ0) is 15.6. The minimum absolute atomic E-state index is 0.0337.